The first kappa shape index (κ1) is 13.5. The van der Waals surface area contributed by atoms with Crippen LogP contribution in [0.1, 0.15) is 24.4 Å². The summed E-state index contributed by atoms with van der Waals surface area (Å²) in [5.41, 5.74) is 2.23. The van der Waals surface area contributed by atoms with Gasteiger partial charge in [0.25, 0.3) is 0 Å². The van der Waals surface area contributed by atoms with Crippen LogP contribution in [0.3, 0.4) is 0 Å². The number of aromatic amines is 1. The first-order chi connectivity index (χ1) is 10.2. The number of H-pyrrole nitrogens is 1. The molecule has 3 rings (SSSR count). The summed E-state index contributed by atoms with van der Waals surface area (Å²) < 4.78 is 5.82. The smallest absolute Gasteiger partial charge is 0.153 e. The Bertz CT molecular complexity index is 835. The highest BCUT2D eigenvalue weighted by Gasteiger charge is 2.13. The molecule has 1 heterocycles. The van der Waals surface area contributed by atoms with E-state index in [2.05, 4.69) is 16.0 Å². The van der Waals surface area contributed by atoms with Crippen LogP contribution in [0, 0.1) is 11.3 Å². The summed E-state index contributed by atoms with van der Waals surface area (Å²) in [7, 11) is 0. The first-order valence-electron chi connectivity index (χ1n) is 6.48. The zero-order valence-corrected chi connectivity index (χ0v) is 12.1. The zero-order chi connectivity index (χ0) is 14.8. The van der Waals surface area contributed by atoms with E-state index in [-0.39, 0.29) is 6.10 Å². The van der Waals surface area contributed by atoms with Crippen molar-refractivity contribution in [2.24, 2.45) is 0 Å². The molecule has 0 amide bonds. The van der Waals surface area contributed by atoms with Crippen LogP contribution in [-0.4, -0.2) is 9.97 Å². The minimum atomic E-state index is -0.249. The summed E-state index contributed by atoms with van der Waals surface area (Å²) >= 11 is 5.94. The van der Waals surface area contributed by atoms with E-state index in [4.69, 9.17) is 21.6 Å². The third kappa shape index (κ3) is 2.83. The lowest BCUT2D eigenvalue weighted by Crippen LogP contribution is -2.04. The second-order valence-electron chi connectivity index (χ2n) is 4.68. The van der Waals surface area contributed by atoms with E-state index < -0.39 is 0 Å². The molecule has 0 spiro atoms. The molecule has 1 aromatic heterocycles. The van der Waals surface area contributed by atoms with Gasteiger partial charge in [0.05, 0.1) is 22.7 Å². The number of hydrogen-bond donors (Lipinski definition) is 1. The molecule has 0 bridgehead atoms. The lowest BCUT2D eigenvalue weighted by Gasteiger charge is -2.12. The number of nitrogens with zero attached hydrogens (tertiary/aromatic N) is 2. The molecule has 104 valence electrons. The van der Waals surface area contributed by atoms with Crippen molar-refractivity contribution < 1.29 is 4.74 Å². The van der Waals surface area contributed by atoms with Crippen molar-refractivity contribution in [3.8, 4) is 11.8 Å². The Hall–Kier alpha value is -2.51. The van der Waals surface area contributed by atoms with Crippen LogP contribution in [0.4, 0.5) is 0 Å². The predicted octanol–water partition coefficient (Wildman–Crippen LogP) is 4.23. The van der Waals surface area contributed by atoms with Crippen molar-refractivity contribution in [1.29, 1.82) is 5.26 Å². The van der Waals surface area contributed by atoms with Crippen LogP contribution in [0.25, 0.3) is 11.0 Å². The van der Waals surface area contributed by atoms with Gasteiger partial charge in [-0.25, -0.2) is 4.98 Å². The maximum atomic E-state index is 8.91. The summed E-state index contributed by atoms with van der Waals surface area (Å²) in [6.45, 7) is 1.91. The standard InChI is InChI=1S/C16H12ClN3O/c1-10(21-13-4-2-3-12(17)8-13)16-19-14-6-5-11(9-18)7-15(14)20-16/h2-8,10H,1H3,(H,19,20). The van der Waals surface area contributed by atoms with Crippen molar-refractivity contribution >= 4 is 22.6 Å². The molecule has 1 unspecified atom stereocenters. The average Bonchev–Trinajstić information content (AvgIpc) is 2.90. The summed E-state index contributed by atoms with van der Waals surface area (Å²) in [5, 5.41) is 9.54. The van der Waals surface area contributed by atoms with Gasteiger partial charge >= 0.3 is 0 Å². The number of imidazole rings is 1. The number of hydrogen-bond acceptors (Lipinski definition) is 3. The molecule has 0 fully saturated rings. The van der Waals surface area contributed by atoms with E-state index in [9.17, 15) is 0 Å². The minimum Gasteiger partial charge on any atom is -0.483 e. The maximum absolute atomic E-state index is 8.91. The fourth-order valence-corrected chi connectivity index (χ4v) is 2.27. The molecular weight excluding hydrogens is 286 g/mol. The topological polar surface area (TPSA) is 61.7 Å². The summed E-state index contributed by atoms with van der Waals surface area (Å²) in [6, 6.07) is 14.7. The number of ether oxygens (including phenoxy) is 1. The summed E-state index contributed by atoms with van der Waals surface area (Å²) in [4.78, 5) is 7.67. The average molecular weight is 298 g/mol. The highest BCUT2D eigenvalue weighted by molar-refractivity contribution is 6.30. The zero-order valence-electron chi connectivity index (χ0n) is 11.3. The molecule has 0 radical (unpaired) electrons. The van der Waals surface area contributed by atoms with Crippen LogP contribution < -0.4 is 4.74 Å². The number of fused-ring (bicyclic) bond motifs is 1. The van der Waals surface area contributed by atoms with Gasteiger partial charge in [-0.2, -0.15) is 5.26 Å². The van der Waals surface area contributed by atoms with Crippen molar-refractivity contribution in [2.75, 3.05) is 0 Å². The molecular formula is C16H12ClN3O. The second-order valence-corrected chi connectivity index (χ2v) is 5.12. The van der Waals surface area contributed by atoms with Crippen LogP contribution >= 0.6 is 11.6 Å². The van der Waals surface area contributed by atoms with Crippen molar-refractivity contribution in [2.45, 2.75) is 13.0 Å². The summed E-state index contributed by atoms with van der Waals surface area (Å²) in [5.74, 6) is 1.40. The van der Waals surface area contributed by atoms with Gasteiger partial charge in [0.15, 0.2) is 6.10 Å². The quantitative estimate of drug-likeness (QED) is 0.787. The highest BCUT2D eigenvalue weighted by atomic mass is 35.5. The van der Waals surface area contributed by atoms with E-state index in [1.54, 1.807) is 24.3 Å². The van der Waals surface area contributed by atoms with Crippen LogP contribution in [0.5, 0.6) is 5.75 Å². The predicted molar refractivity (Wildman–Crippen MR) is 81.3 cm³/mol. The van der Waals surface area contributed by atoms with Gasteiger partial charge in [0.2, 0.25) is 0 Å². The van der Waals surface area contributed by atoms with Gasteiger partial charge in [-0.1, -0.05) is 17.7 Å². The van der Waals surface area contributed by atoms with Crippen LogP contribution in [-0.2, 0) is 0 Å². The highest BCUT2D eigenvalue weighted by Crippen LogP contribution is 2.24. The molecule has 5 heteroatoms. The largest absolute Gasteiger partial charge is 0.483 e. The number of nitrogens with one attached hydrogen (secondary N) is 1. The van der Waals surface area contributed by atoms with Gasteiger partial charge in [-0.15, -0.1) is 0 Å². The van der Waals surface area contributed by atoms with Crippen molar-refractivity contribution in [3.63, 3.8) is 0 Å². The van der Waals surface area contributed by atoms with E-state index in [1.807, 2.05) is 25.1 Å². The maximum Gasteiger partial charge on any atom is 0.153 e. The minimum absolute atomic E-state index is 0.249. The molecule has 0 aliphatic rings. The first-order valence-corrected chi connectivity index (χ1v) is 6.85. The SMILES string of the molecule is CC(Oc1cccc(Cl)c1)c1nc2ccc(C#N)cc2[nH]1. The number of benzene rings is 2. The van der Waals surface area contributed by atoms with Crippen molar-refractivity contribution in [1.82, 2.24) is 9.97 Å². The molecule has 21 heavy (non-hydrogen) atoms. The molecule has 0 aliphatic heterocycles. The fourth-order valence-electron chi connectivity index (χ4n) is 2.09. The molecule has 4 nitrogen and oxygen atoms in total. The van der Waals surface area contributed by atoms with E-state index in [0.717, 1.165) is 11.0 Å². The lowest BCUT2D eigenvalue weighted by atomic mass is 10.2. The monoisotopic (exact) mass is 297 g/mol. The second kappa shape index (κ2) is 5.47. The Morgan fingerprint density at radius 2 is 2.14 bits per heavy atom. The number of aromatic nitrogens is 2. The molecule has 1 N–H and O–H groups in total. The lowest BCUT2D eigenvalue weighted by molar-refractivity contribution is 0.218. The third-order valence-electron chi connectivity index (χ3n) is 3.12. The molecule has 0 saturated heterocycles. The van der Waals surface area contributed by atoms with Crippen molar-refractivity contribution in [3.05, 3.63) is 58.9 Å². The molecule has 2 aromatic carbocycles. The van der Waals surface area contributed by atoms with Gasteiger partial charge in [0, 0.05) is 5.02 Å². The van der Waals surface area contributed by atoms with Crippen LogP contribution in [0.2, 0.25) is 5.02 Å². The third-order valence-corrected chi connectivity index (χ3v) is 3.36. The fraction of sp³-hybridized carbons (Fsp3) is 0.125. The number of rotatable bonds is 3. The Labute approximate surface area is 127 Å². The van der Waals surface area contributed by atoms with E-state index in [1.165, 1.54) is 0 Å². The molecule has 3 aromatic rings. The molecule has 0 saturated carbocycles. The molecule has 1 atom stereocenters. The number of halogens is 1. The van der Waals surface area contributed by atoms with E-state index >= 15 is 0 Å². The Morgan fingerprint density at radius 3 is 2.90 bits per heavy atom. The Balaban J connectivity index is 1.87. The summed E-state index contributed by atoms with van der Waals surface area (Å²) in [6.07, 6.45) is -0.249. The Kier molecular flexibility index (Phi) is 3.51. The van der Waals surface area contributed by atoms with E-state index in [0.29, 0.717) is 22.2 Å². The van der Waals surface area contributed by atoms with Crippen LogP contribution in [0.15, 0.2) is 42.5 Å². The van der Waals surface area contributed by atoms with Gasteiger partial charge in [0.1, 0.15) is 11.6 Å². The van der Waals surface area contributed by atoms with Gasteiger partial charge in [-0.05, 0) is 43.3 Å². The number of nitriles is 1. The Morgan fingerprint density at radius 1 is 1.29 bits per heavy atom. The normalized spacial score (nSPS) is 12.0. The van der Waals surface area contributed by atoms with Gasteiger partial charge in [-0.3, -0.25) is 0 Å². The molecule has 0 aliphatic carbocycles. The van der Waals surface area contributed by atoms with Gasteiger partial charge < -0.3 is 9.72 Å².